The molecule has 1 N–H and O–H groups in total. The second-order valence-electron chi connectivity index (χ2n) is 4.62. The van der Waals surface area contributed by atoms with Gasteiger partial charge < -0.3 is 10.1 Å². The van der Waals surface area contributed by atoms with E-state index < -0.39 is 0 Å². The van der Waals surface area contributed by atoms with Crippen LogP contribution in [0.5, 0.6) is 5.75 Å². The summed E-state index contributed by atoms with van der Waals surface area (Å²) in [4.78, 5) is 0. The second kappa shape index (κ2) is 6.92. The summed E-state index contributed by atoms with van der Waals surface area (Å²) < 4.78 is 5.71. The maximum absolute atomic E-state index is 5.71. The van der Waals surface area contributed by atoms with Crippen molar-refractivity contribution in [2.24, 2.45) is 5.92 Å². The van der Waals surface area contributed by atoms with Gasteiger partial charge in [0.2, 0.25) is 0 Å². The van der Waals surface area contributed by atoms with Crippen LogP contribution in [0.25, 0.3) is 0 Å². The van der Waals surface area contributed by atoms with Crippen molar-refractivity contribution in [3.8, 4) is 5.75 Å². The van der Waals surface area contributed by atoms with Crippen LogP contribution in [0.15, 0.2) is 24.3 Å². The van der Waals surface area contributed by atoms with E-state index in [-0.39, 0.29) is 0 Å². The number of rotatable bonds is 7. The van der Waals surface area contributed by atoms with Crippen LogP contribution >= 0.6 is 11.8 Å². The number of aryl methyl sites for hydroxylation is 1. The standard InChI is InChI=1S/C14H21NOS/c1-12-4-2-5-14(8-12)16-6-3-7-17-11-13-9-15-10-13/h2,4-5,8,13,15H,3,6-7,9-11H2,1H3. The zero-order chi connectivity index (χ0) is 11.9. The molecule has 1 heterocycles. The zero-order valence-corrected chi connectivity index (χ0v) is 11.3. The summed E-state index contributed by atoms with van der Waals surface area (Å²) in [6.45, 7) is 5.36. The van der Waals surface area contributed by atoms with Gasteiger partial charge in [-0.15, -0.1) is 0 Å². The van der Waals surface area contributed by atoms with Gasteiger partial charge in [0.05, 0.1) is 6.61 Å². The molecule has 0 atom stereocenters. The SMILES string of the molecule is Cc1cccc(OCCCSCC2CNC2)c1. The van der Waals surface area contributed by atoms with Gasteiger partial charge >= 0.3 is 0 Å². The Morgan fingerprint density at radius 1 is 1.41 bits per heavy atom. The molecule has 0 radical (unpaired) electrons. The molecule has 1 fully saturated rings. The van der Waals surface area contributed by atoms with Gasteiger partial charge in [-0.25, -0.2) is 0 Å². The van der Waals surface area contributed by atoms with E-state index in [1.54, 1.807) is 0 Å². The van der Waals surface area contributed by atoms with Crippen molar-refractivity contribution in [2.45, 2.75) is 13.3 Å². The highest BCUT2D eigenvalue weighted by Gasteiger charge is 2.15. The predicted octanol–water partition coefficient (Wildman–Crippen LogP) is 2.72. The van der Waals surface area contributed by atoms with Crippen molar-refractivity contribution in [3.63, 3.8) is 0 Å². The molecule has 0 saturated carbocycles. The van der Waals surface area contributed by atoms with E-state index in [1.807, 2.05) is 12.1 Å². The first-order chi connectivity index (χ1) is 8.34. The highest BCUT2D eigenvalue weighted by molar-refractivity contribution is 7.99. The molecule has 1 aromatic rings. The summed E-state index contributed by atoms with van der Waals surface area (Å²) in [5, 5.41) is 3.30. The summed E-state index contributed by atoms with van der Waals surface area (Å²) >= 11 is 2.06. The Morgan fingerprint density at radius 2 is 2.29 bits per heavy atom. The maximum Gasteiger partial charge on any atom is 0.119 e. The minimum absolute atomic E-state index is 0.833. The lowest BCUT2D eigenvalue weighted by Gasteiger charge is -2.26. The molecule has 1 aliphatic rings. The minimum atomic E-state index is 0.833. The van der Waals surface area contributed by atoms with Gasteiger partial charge in [0.15, 0.2) is 0 Å². The van der Waals surface area contributed by atoms with Crippen molar-refractivity contribution in [2.75, 3.05) is 31.2 Å². The average Bonchev–Trinajstić information content (AvgIpc) is 2.25. The molecule has 1 saturated heterocycles. The van der Waals surface area contributed by atoms with Gasteiger partial charge in [-0.2, -0.15) is 11.8 Å². The van der Waals surface area contributed by atoms with E-state index in [4.69, 9.17) is 4.74 Å². The van der Waals surface area contributed by atoms with Gasteiger partial charge in [0, 0.05) is 0 Å². The summed E-state index contributed by atoms with van der Waals surface area (Å²) in [5.41, 5.74) is 1.26. The smallest absolute Gasteiger partial charge is 0.119 e. The van der Waals surface area contributed by atoms with Crippen LogP contribution in [-0.2, 0) is 0 Å². The van der Waals surface area contributed by atoms with Crippen LogP contribution in [-0.4, -0.2) is 31.2 Å². The normalized spacial score (nSPS) is 15.6. The van der Waals surface area contributed by atoms with E-state index >= 15 is 0 Å². The van der Waals surface area contributed by atoms with Crippen LogP contribution in [0, 0.1) is 12.8 Å². The van der Waals surface area contributed by atoms with Gasteiger partial charge in [-0.05, 0) is 61.6 Å². The molecule has 94 valence electrons. The zero-order valence-electron chi connectivity index (χ0n) is 10.4. The molecular weight excluding hydrogens is 230 g/mol. The Labute approximate surface area is 108 Å². The lowest BCUT2D eigenvalue weighted by Crippen LogP contribution is -2.43. The highest BCUT2D eigenvalue weighted by Crippen LogP contribution is 2.15. The van der Waals surface area contributed by atoms with Crippen molar-refractivity contribution in [1.29, 1.82) is 0 Å². The molecule has 1 aromatic carbocycles. The van der Waals surface area contributed by atoms with Gasteiger partial charge in [0.1, 0.15) is 5.75 Å². The lowest BCUT2D eigenvalue weighted by molar-refractivity contribution is 0.318. The Hall–Kier alpha value is -0.670. The van der Waals surface area contributed by atoms with E-state index in [9.17, 15) is 0 Å². The third kappa shape index (κ3) is 4.60. The lowest BCUT2D eigenvalue weighted by atomic mass is 10.1. The number of ether oxygens (including phenoxy) is 1. The number of hydrogen-bond acceptors (Lipinski definition) is 3. The van der Waals surface area contributed by atoms with Crippen LogP contribution in [0.2, 0.25) is 0 Å². The monoisotopic (exact) mass is 251 g/mol. The topological polar surface area (TPSA) is 21.3 Å². The molecule has 0 spiro atoms. The molecule has 1 aliphatic heterocycles. The molecule has 0 aromatic heterocycles. The molecule has 0 unspecified atom stereocenters. The van der Waals surface area contributed by atoms with Gasteiger partial charge in [-0.1, -0.05) is 12.1 Å². The average molecular weight is 251 g/mol. The quantitative estimate of drug-likeness (QED) is 0.753. The number of benzene rings is 1. The van der Waals surface area contributed by atoms with Crippen molar-refractivity contribution >= 4 is 11.8 Å². The molecule has 0 amide bonds. The largest absolute Gasteiger partial charge is 0.494 e. The Bertz CT molecular complexity index is 339. The third-order valence-corrected chi connectivity index (χ3v) is 4.20. The van der Waals surface area contributed by atoms with Gasteiger partial charge in [-0.3, -0.25) is 0 Å². The van der Waals surface area contributed by atoms with E-state index in [2.05, 4.69) is 36.1 Å². The maximum atomic E-state index is 5.71. The first kappa shape index (κ1) is 12.8. The molecule has 2 rings (SSSR count). The van der Waals surface area contributed by atoms with E-state index in [0.717, 1.165) is 24.7 Å². The minimum Gasteiger partial charge on any atom is -0.494 e. The van der Waals surface area contributed by atoms with Gasteiger partial charge in [0.25, 0.3) is 0 Å². The van der Waals surface area contributed by atoms with Crippen molar-refractivity contribution in [3.05, 3.63) is 29.8 Å². The fraction of sp³-hybridized carbons (Fsp3) is 0.571. The van der Waals surface area contributed by atoms with E-state index in [0.29, 0.717) is 0 Å². The van der Waals surface area contributed by atoms with E-state index in [1.165, 1.54) is 30.2 Å². The molecule has 2 nitrogen and oxygen atoms in total. The number of nitrogens with one attached hydrogen (secondary N) is 1. The van der Waals surface area contributed by atoms with Crippen LogP contribution in [0.1, 0.15) is 12.0 Å². The van der Waals surface area contributed by atoms with Crippen LogP contribution in [0.3, 0.4) is 0 Å². The summed E-state index contributed by atoms with van der Waals surface area (Å²) in [6.07, 6.45) is 1.14. The van der Waals surface area contributed by atoms with Crippen LogP contribution in [0.4, 0.5) is 0 Å². The summed E-state index contributed by atoms with van der Waals surface area (Å²) in [6, 6.07) is 8.26. The van der Waals surface area contributed by atoms with Crippen LogP contribution < -0.4 is 10.1 Å². The Kier molecular flexibility index (Phi) is 5.20. The fourth-order valence-electron chi connectivity index (χ4n) is 1.77. The number of thioether (sulfide) groups is 1. The molecule has 0 bridgehead atoms. The second-order valence-corrected chi connectivity index (χ2v) is 5.77. The molecular formula is C14H21NOS. The first-order valence-corrected chi connectivity index (χ1v) is 7.48. The summed E-state index contributed by atoms with van der Waals surface area (Å²) in [5.74, 6) is 4.43. The Balaban J connectivity index is 1.50. The van der Waals surface area contributed by atoms with Crippen molar-refractivity contribution in [1.82, 2.24) is 5.32 Å². The molecule has 17 heavy (non-hydrogen) atoms. The molecule has 3 heteroatoms. The van der Waals surface area contributed by atoms with Crippen molar-refractivity contribution < 1.29 is 4.74 Å². The third-order valence-electron chi connectivity index (χ3n) is 2.91. The Morgan fingerprint density at radius 3 is 3.00 bits per heavy atom. The molecule has 0 aliphatic carbocycles. The fourth-order valence-corrected chi connectivity index (χ4v) is 2.83. The highest BCUT2D eigenvalue weighted by atomic mass is 32.2. The predicted molar refractivity (Wildman–Crippen MR) is 75.0 cm³/mol. The number of hydrogen-bond donors (Lipinski definition) is 1. The first-order valence-electron chi connectivity index (χ1n) is 6.32. The summed E-state index contributed by atoms with van der Waals surface area (Å²) in [7, 11) is 0.